The molecule has 5 nitrogen and oxygen atoms in total. The lowest BCUT2D eigenvalue weighted by Crippen LogP contribution is -2.34. The van der Waals surface area contributed by atoms with Crippen LogP contribution in [-0.2, 0) is 23.8 Å². The summed E-state index contributed by atoms with van der Waals surface area (Å²) in [5.41, 5.74) is 0.437. The van der Waals surface area contributed by atoms with Gasteiger partial charge in [-0.25, -0.2) is 4.79 Å². The highest BCUT2D eigenvalue weighted by molar-refractivity contribution is 5.92. The van der Waals surface area contributed by atoms with Crippen LogP contribution in [0.1, 0.15) is 12.8 Å². The van der Waals surface area contributed by atoms with E-state index in [-0.39, 0.29) is 17.6 Å². The van der Waals surface area contributed by atoms with Gasteiger partial charge in [0, 0.05) is 31.8 Å². The minimum absolute atomic E-state index is 0.0726. The molecule has 0 radical (unpaired) electrons. The third-order valence-corrected chi connectivity index (χ3v) is 3.16. The minimum Gasteiger partial charge on any atom is -0.472 e. The second-order valence-corrected chi connectivity index (χ2v) is 4.02. The predicted molar refractivity (Wildman–Crippen MR) is 53.2 cm³/mol. The van der Waals surface area contributed by atoms with Gasteiger partial charge in [-0.1, -0.05) is 0 Å². The molecular weight excluding hydrogens is 212 g/mol. The molecule has 0 spiro atoms. The first kappa shape index (κ1) is 11.1. The molecular formula is C11H14O5. The zero-order valence-corrected chi connectivity index (χ0v) is 9.26. The summed E-state index contributed by atoms with van der Waals surface area (Å²) >= 11 is 0. The Balaban J connectivity index is 2.26. The van der Waals surface area contributed by atoms with Crippen molar-refractivity contribution in [2.45, 2.75) is 19.1 Å². The quantitative estimate of drug-likeness (QED) is 0.647. The van der Waals surface area contributed by atoms with Crippen LogP contribution in [0, 0.1) is 11.8 Å². The highest BCUT2D eigenvalue weighted by atomic mass is 16.7. The Hall–Kier alpha value is -1.36. The Morgan fingerprint density at radius 2 is 2.19 bits per heavy atom. The molecule has 1 heterocycles. The van der Waals surface area contributed by atoms with E-state index in [0.717, 1.165) is 0 Å². The fourth-order valence-corrected chi connectivity index (χ4v) is 2.39. The summed E-state index contributed by atoms with van der Waals surface area (Å²) in [6, 6.07) is 0. The Morgan fingerprint density at radius 3 is 2.81 bits per heavy atom. The lowest BCUT2D eigenvalue weighted by Gasteiger charge is -2.31. The number of Topliss-reactive ketones (excluding diaryl/α,β-unsaturated/α-hetero) is 1. The maximum absolute atomic E-state index is 11.5. The molecule has 0 aromatic rings. The van der Waals surface area contributed by atoms with Crippen molar-refractivity contribution in [2.24, 2.45) is 11.8 Å². The van der Waals surface area contributed by atoms with E-state index < -0.39 is 12.3 Å². The number of carbonyl (C=O) groups is 2. The van der Waals surface area contributed by atoms with Crippen LogP contribution in [0.3, 0.4) is 0 Å². The maximum atomic E-state index is 11.5. The van der Waals surface area contributed by atoms with Crippen LogP contribution in [0.4, 0.5) is 0 Å². The maximum Gasteiger partial charge on any atom is 0.337 e. The number of ether oxygens (including phenoxy) is 3. The molecule has 0 aromatic heterocycles. The van der Waals surface area contributed by atoms with E-state index in [2.05, 4.69) is 4.74 Å². The highest BCUT2D eigenvalue weighted by Gasteiger charge is 2.46. The van der Waals surface area contributed by atoms with Gasteiger partial charge < -0.3 is 14.2 Å². The molecule has 1 aliphatic heterocycles. The second-order valence-electron chi connectivity index (χ2n) is 4.02. The molecule has 0 amide bonds. The van der Waals surface area contributed by atoms with Gasteiger partial charge in [0.15, 0.2) is 0 Å². The zero-order valence-electron chi connectivity index (χ0n) is 9.26. The van der Waals surface area contributed by atoms with E-state index in [1.807, 2.05) is 0 Å². The van der Waals surface area contributed by atoms with Crippen LogP contribution in [0.25, 0.3) is 0 Å². The number of fused-ring (bicyclic) bond motifs is 1. The highest BCUT2D eigenvalue weighted by Crippen LogP contribution is 2.41. The summed E-state index contributed by atoms with van der Waals surface area (Å²) in [5.74, 6) is -0.494. The summed E-state index contributed by atoms with van der Waals surface area (Å²) < 4.78 is 15.1. The van der Waals surface area contributed by atoms with E-state index in [1.54, 1.807) is 0 Å². The van der Waals surface area contributed by atoms with Crippen LogP contribution in [0.5, 0.6) is 0 Å². The first-order chi connectivity index (χ1) is 7.67. The molecule has 1 fully saturated rings. The fraction of sp³-hybridized carbons (Fsp3) is 0.636. The third kappa shape index (κ3) is 1.71. The summed E-state index contributed by atoms with van der Waals surface area (Å²) in [4.78, 5) is 22.9. The normalized spacial score (nSPS) is 32.8. The summed E-state index contributed by atoms with van der Waals surface area (Å²) in [6.45, 7) is 0. The van der Waals surface area contributed by atoms with Crippen LogP contribution in [0.15, 0.2) is 11.8 Å². The standard InChI is InChI=1S/C11H14O5/c1-14-10(13)9-5-16-11(15-2)8-4-6(12)3-7(8)9/h5,7-8,11H,3-4H2,1-2H3/t7-,8+,11-/m0/s1. The largest absolute Gasteiger partial charge is 0.472 e. The molecule has 0 aromatic carbocycles. The van der Waals surface area contributed by atoms with Gasteiger partial charge in [-0.05, 0) is 0 Å². The predicted octanol–water partition coefficient (Wildman–Crippen LogP) is 0.641. The SMILES string of the molecule is COC(=O)C1=CO[C@H](OC)[C@@H]2CC(=O)C[C@H]12. The zero-order chi connectivity index (χ0) is 11.7. The molecule has 5 heteroatoms. The second kappa shape index (κ2) is 4.25. The van der Waals surface area contributed by atoms with Gasteiger partial charge in [0.25, 0.3) is 0 Å². The number of hydrogen-bond acceptors (Lipinski definition) is 5. The Kier molecular flexibility index (Phi) is 2.96. The van der Waals surface area contributed by atoms with Crippen LogP contribution >= 0.6 is 0 Å². The van der Waals surface area contributed by atoms with Gasteiger partial charge in [0.1, 0.15) is 5.78 Å². The topological polar surface area (TPSA) is 61.8 Å². The number of carbonyl (C=O) groups excluding carboxylic acids is 2. The summed E-state index contributed by atoms with van der Waals surface area (Å²) in [5, 5.41) is 0. The van der Waals surface area contributed by atoms with E-state index in [0.29, 0.717) is 18.4 Å². The molecule has 16 heavy (non-hydrogen) atoms. The molecule has 2 rings (SSSR count). The number of hydrogen-bond donors (Lipinski definition) is 0. The number of rotatable bonds is 2. The molecule has 0 unspecified atom stereocenters. The first-order valence-corrected chi connectivity index (χ1v) is 5.15. The molecule has 0 bridgehead atoms. The van der Waals surface area contributed by atoms with Crippen LogP contribution in [-0.4, -0.2) is 32.3 Å². The van der Waals surface area contributed by atoms with Gasteiger partial charge >= 0.3 is 5.97 Å². The van der Waals surface area contributed by atoms with Crippen molar-refractivity contribution >= 4 is 11.8 Å². The van der Waals surface area contributed by atoms with Gasteiger partial charge in [-0.3, -0.25) is 4.79 Å². The molecule has 1 saturated carbocycles. The number of methoxy groups -OCH3 is 2. The molecule has 2 aliphatic rings. The number of ketones is 1. The van der Waals surface area contributed by atoms with Crippen molar-refractivity contribution in [3.05, 3.63) is 11.8 Å². The van der Waals surface area contributed by atoms with Gasteiger partial charge in [-0.2, -0.15) is 0 Å². The van der Waals surface area contributed by atoms with Gasteiger partial charge in [0.05, 0.1) is 18.9 Å². The van der Waals surface area contributed by atoms with Crippen molar-refractivity contribution in [1.82, 2.24) is 0 Å². The molecule has 88 valence electrons. The Bertz CT molecular complexity index is 346. The smallest absolute Gasteiger partial charge is 0.337 e. The summed E-state index contributed by atoms with van der Waals surface area (Å²) in [6.07, 6.45) is 1.69. The van der Waals surface area contributed by atoms with Gasteiger partial charge in [-0.15, -0.1) is 0 Å². The van der Waals surface area contributed by atoms with Crippen molar-refractivity contribution in [3.8, 4) is 0 Å². The van der Waals surface area contributed by atoms with Crippen molar-refractivity contribution in [3.63, 3.8) is 0 Å². The fourth-order valence-electron chi connectivity index (χ4n) is 2.39. The third-order valence-electron chi connectivity index (χ3n) is 3.16. The van der Waals surface area contributed by atoms with Gasteiger partial charge in [0.2, 0.25) is 6.29 Å². The lowest BCUT2D eigenvalue weighted by molar-refractivity contribution is -0.149. The lowest BCUT2D eigenvalue weighted by atomic mass is 9.87. The Morgan fingerprint density at radius 1 is 1.44 bits per heavy atom. The minimum atomic E-state index is -0.440. The molecule has 0 saturated heterocycles. The van der Waals surface area contributed by atoms with E-state index >= 15 is 0 Å². The average molecular weight is 226 g/mol. The monoisotopic (exact) mass is 226 g/mol. The first-order valence-electron chi connectivity index (χ1n) is 5.15. The van der Waals surface area contributed by atoms with Crippen molar-refractivity contribution < 1.29 is 23.8 Å². The van der Waals surface area contributed by atoms with E-state index in [4.69, 9.17) is 9.47 Å². The molecule has 0 N–H and O–H groups in total. The van der Waals surface area contributed by atoms with Crippen molar-refractivity contribution in [1.29, 1.82) is 0 Å². The van der Waals surface area contributed by atoms with Crippen LogP contribution in [0.2, 0.25) is 0 Å². The Labute approximate surface area is 93.4 Å². The number of esters is 1. The van der Waals surface area contributed by atoms with E-state index in [1.165, 1.54) is 20.5 Å². The average Bonchev–Trinajstić information content (AvgIpc) is 2.67. The molecule has 3 atom stereocenters. The summed E-state index contributed by atoms with van der Waals surface area (Å²) in [7, 11) is 2.85. The molecule has 1 aliphatic carbocycles. The van der Waals surface area contributed by atoms with Crippen molar-refractivity contribution in [2.75, 3.05) is 14.2 Å². The van der Waals surface area contributed by atoms with Crippen LogP contribution < -0.4 is 0 Å². The van der Waals surface area contributed by atoms with E-state index in [9.17, 15) is 9.59 Å².